The van der Waals surface area contributed by atoms with Gasteiger partial charge in [0.1, 0.15) is 0 Å². The zero-order valence-corrected chi connectivity index (χ0v) is 11.1. The standard InChI is InChI=1S/C13H19F3N2O/c1-3-11(4-2)17-7-8-18-9-10(13(14,15)16)5-6-12(18)19/h5-6,9,11,17H,3-4,7-8H2,1-2H3. The Bertz CT molecular complexity index is 450. The lowest BCUT2D eigenvalue weighted by Crippen LogP contribution is -2.33. The highest BCUT2D eigenvalue weighted by atomic mass is 19.4. The number of pyridine rings is 1. The van der Waals surface area contributed by atoms with Gasteiger partial charge in [0, 0.05) is 31.4 Å². The molecule has 0 bridgehead atoms. The Morgan fingerprint density at radius 2 is 1.89 bits per heavy atom. The van der Waals surface area contributed by atoms with Gasteiger partial charge in [0.05, 0.1) is 5.56 Å². The molecular weight excluding hydrogens is 257 g/mol. The van der Waals surface area contributed by atoms with E-state index in [4.69, 9.17) is 0 Å². The van der Waals surface area contributed by atoms with Gasteiger partial charge in [-0.3, -0.25) is 4.79 Å². The third-order valence-electron chi connectivity index (χ3n) is 3.08. The molecule has 0 amide bonds. The highest BCUT2D eigenvalue weighted by Crippen LogP contribution is 2.27. The number of aromatic nitrogens is 1. The average Bonchev–Trinajstić information content (AvgIpc) is 2.35. The summed E-state index contributed by atoms with van der Waals surface area (Å²) in [5, 5.41) is 3.21. The molecule has 3 nitrogen and oxygen atoms in total. The Morgan fingerprint density at radius 1 is 1.26 bits per heavy atom. The van der Waals surface area contributed by atoms with Gasteiger partial charge in [0.15, 0.2) is 0 Å². The first-order chi connectivity index (χ1) is 8.88. The number of alkyl halides is 3. The third kappa shape index (κ3) is 4.70. The van der Waals surface area contributed by atoms with E-state index in [0.29, 0.717) is 12.6 Å². The molecule has 0 spiro atoms. The second-order valence-electron chi connectivity index (χ2n) is 4.41. The Kier molecular flexibility index (Phi) is 5.60. The van der Waals surface area contributed by atoms with E-state index in [0.717, 1.165) is 35.7 Å². The van der Waals surface area contributed by atoms with Crippen molar-refractivity contribution in [1.29, 1.82) is 0 Å². The lowest BCUT2D eigenvalue weighted by Gasteiger charge is -2.16. The van der Waals surface area contributed by atoms with Crippen molar-refractivity contribution in [3.05, 3.63) is 34.2 Å². The van der Waals surface area contributed by atoms with Gasteiger partial charge in [-0.2, -0.15) is 13.2 Å². The van der Waals surface area contributed by atoms with Crippen LogP contribution in [0.4, 0.5) is 13.2 Å². The second-order valence-corrected chi connectivity index (χ2v) is 4.41. The quantitative estimate of drug-likeness (QED) is 0.866. The Morgan fingerprint density at radius 3 is 2.42 bits per heavy atom. The van der Waals surface area contributed by atoms with Crippen LogP contribution in [-0.4, -0.2) is 17.2 Å². The van der Waals surface area contributed by atoms with Crippen LogP contribution >= 0.6 is 0 Å². The first-order valence-electron chi connectivity index (χ1n) is 6.39. The highest BCUT2D eigenvalue weighted by Gasteiger charge is 2.30. The SMILES string of the molecule is CCC(CC)NCCn1cc(C(F)(F)F)ccc1=O. The van der Waals surface area contributed by atoms with Gasteiger partial charge in [-0.05, 0) is 18.9 Å². The highest BCUT2D eigenvalue weighted by molar-refractivity contribution is 5.13. The fourth-order valence-electron chi connectivity index (χ4n) is 1.84. The lowest BCUT2D eigenvalue weighted by molar-refractivity contribution is -0.138. The van der Waals surface area contributed by atoms with E-state index >= 15 is 0 Å². The first-order valence-corrected chi connectivity index (χ1v) is 6.39. The summed E-state index contributed by atoms with van der Waals surface area (Å²) < 4.78 is 38.7. The predicted octanol–water partition coefficient (Wildman–Crippen LogP) is 2.65. The Balaban J connectivity index is 2.70. The van der Waals surface area contributed by atoms with Gasteiger partial charge in [0.25, 0.3) is 5.56 Å². The number of hydrogen-bond donors (Lipinski definition) is 1. The van der Waals surface area contributed by atoms with E-state index in [2.05, 4.69) is 5.32 Å². The van der Waals surface area contributed by atoms with E-state index in [1.807, 2.05) is 13.8 Å². The van der Waals surface area contributed by atoms with Crippen molar-refractivity contribution in [2.45, 2.75) is 45.5 Å². The molecule has 1 rings (SSSR count). The van der Waals surface area contributed by atoms with Crippen LogP contribution in [-0.2, 0) is 12.7 Å². The summed E-state index contributed by atoms with van der Waals surface area (Å²) >= 11 is 0. The first kappa shape index (κ1) is 15.8. The van der Waals surface area contributed by atoms with Crippen LogP contribution < -0.4 is 10.9 Å². The molecule has 0 aromatic carbocycles. The lowest BCUT2D eigenvalue weighted by atomic mass is 10.2. The van der Waals surface area contributed by atoms with Gasteiger partial charge in [-0.25, -0.2) is 0 Å². The molecule has 108 valence electrons. The van der Waals surface area contributed by atoms with Crippen LogP contribution in [0, 0.1) is 0 Å². The Labute approximate surface area is 110 Å². The summed E-state index contributed by atoms with van der Waals surface area (Å²) in [6.45, 7) is 4.79. The molecule has 0 atom stereocenters. The van der Waals surface area contributed by atoms with E-state index in [1.54, 1.807) is 0 Å². The van der Waals surface area contributed by atoms with E-state index in [1.165, 1.54) is 0 Å². The van der Waals surface area contributed by atoms with Crippen molar-refractivity contribution >= 4 is 0 Å². The summed E-state index contributed by atoms with van der Waals surface area (Å²) in [5.41, 5.74) is -1.21. The molecule has 0 radical (unpaired) electrons. The fraction of sp³-hybridized carbons (Fsp3) is 0.615. The summed E-state index contributed by atoms with van der Waals surface area (Å²) in [6, 6.07) is 2.11. The van der Waals surface area contributed by atoms with Crippen molar-refractivity contribution in [2.24, 2.45) is 0 Å². The molecule has 0 aliphatic rings. The molecule has 6 heteroatoms. The second kappa shape index (κ2) is 6.75. The van der Waals surface area contributed by atoms with Gasteiger partial charge in [-0.15, -0.1) is 0 Å². The fourth-order valence-corrected chi connectivity index (χ4v) is 1.84. The smallest absolute Gasteiger partial charge is 0.314 e. The summed E-state index contributed by atoms with van der Waals surface area (Å²) in [4.78, 5) is 11.5. The van der Waals surface area contributed by atoms with Gasteiger partial charge < -0.3 is 9.88 Å². The largest absolute Gasteiger partial charge is 0.417 e. The minimum Gasteiger partial charge on any atom is -0.314 e. The molecule has 1 heterocycles. The van der Waals surface area contributed by atoms with Crippen molar-refractivity contribution in [1.82, 2.24) is 9.88 Å². The van der Waals surface area contributed by atoms with Gasteiger partial charge >= 0.3 is 6.18 Å². The Hall–Kier alpha value is -1.30. The van der Waals surface area contributed by atoms with Crippen molar-refractivity contribution < 1.29 is 13.2 Å². The number of rotatable bonds is 6. The molecule has 0 aliphatic carbocycles. The molecule has 0 fully saturated rings. The summed E-state index contributed by atoms with van der Waals surface area (Å²) in [7, 11) is 0. The molecule has 1 aromatic heterocycles. The van der Waals surface area contributed by atoms with Crippen LogP contribution in [0.1, 0.15) is 32.3 Å². The van der Waals surface area contributed by atoms with E-state index in [9.17, 15) is 18.0 Å². The summed E-state index contributed by atoms with van der Waals surface area (Å²) in [5.74, 6) is 0. The number of halogens is 3. The monoisotopic (exact) mass is 276 g/mol. The maximum absolute atomic E-state index is 12.5. The molecule has 0 saturated carbocycles. The number of nitrogens with one attached hydrogen (secondary N) is 1. The minimum atomic E-state index is -4.42. The average molecular weight is 276 g/mol. The third-order valence-corrected chi connectivity index (χ3v) is 3.08. The van der Waals surface area contributed by atoms with Crippen LogP contribution in [0.15, 0.2) is 23.1 Å². The van der Waals surface area contributed by atoms with Crippen molar-refractivity contribution in [3.8, 4) is 0 Å². The molecule has 1 aromatic rings. The molecule has 0 unspecified atom stereocenters. The van der Waals surface area contributed by atoms with Crippen LogP contribution in [0.5, 0.6) is 0 Å². The molecular formula is C13H19F3N2O. The topological polar surface area (TPSA) is 34.0 Å². The minimum absolute atomic E-state index is 0.235. The number of nitrogens with zero attached hydrogens (tertiary/aromatic N) is 1. The molecule has 0 aliphatic heterocycles. The molecule has 19 heavy (non-hydrogen) atoms. The van der Waals surface area contributed by atoms with Crippen LogP contribution in [0.2, 0.25) is 0 Å². The van der Waals surface area contributed by atoms with Crippen LogP contribution in [0.3, 0.4) is 0 Å². The molecule has 0 saturated heterocycles. The van der Waals surface area contributed by atoms with E-state index in [-0.39, 0.29) is 6.54 Å². The van der Waals surface area contributed by atoms with E-state index < -0.39 is 17.3 Å². The number of hydrogen-bond acceptors (Lipinski definition) is 2. The molecule has 1 N–H and O–H groups in total. The predicted molar refractivity (Wildman–Crippen MR) is 68.1 cm³/mol. The normalized spacial score (nSPS) is 12.1. The maximum Gasteiger partial charge on any atom is 0.417 e. The maximum atomic E-state index is 12.5. The van der Waals surface area contributed by atoms with Crippen molar-refractivity contribution in [2.75, 3.05) is 6.54 Å². The zero-order valence-electron chi connectivity index (χ0n) is 11.1. The van der Waals surface area contributed by atoms with Gasteiger partial charge in [-0.1, -0.05) is 13.8 Å². The summed E-state index contributed by atoms with van der Waals surface area (Å²) in [6.07, 6.45) is -1.64. The van der Waals surface area contributed by atoms with Crippen LogP contribution in [0.25, 0.3) is 0 Å². The zero-order chi connectivity index (χ0) is 14.5. The van der Waals surface area contributed by atoms with Gasteiger partial charge in [0.2, 0.25) is 0 Å². The van der Waals surface area contributed by atoms with Crippen molar-refractivity contribution in [3.63, 3.8) is 0 Å².